The molecule has 4 rings (SSSR count). The largest absolute Gasteiger partial charge is 0.374 e. The fraction of sp³-hybridized carbons (Fsp3) is 0.600. The number of hydrogen-bond acceptors (Lipinski definition) is 6. The first-order chi connectivity index (χ1) is 12.6. The van der Waals surface area contributed by atoms with Crippen molar-refractivity contribution in [2.75, 3.05) is 42.9 Å². The highest BCUT2D eigenvalue weighted by molar-refractivity contribution is 5.60. The maximum atomic E-state index is 5.44. The lowest BCUT2D eigenvalue weighted by Gasteiger charge is -2.35. The summed E-state index contributed by atoms with van der Waals surface area (Å²) in [5.41, 5.74) is 3.68. The highest BCUT2D eigenvalue weighted by Crippen LogP contribution is 2.38. The highest BCUT2D eigenvalue weighted by Gasteiger charge is 2.29. The van der Waals surface area contributed by atoms with E-state index in [1.807, 2.05) is 0 Å². The lowest BCUT2D eigenvalue weighted by molar-refractivity contribution is 0.271. The van der Waals surface area contributed by atoms with Gasteiger partial charge in [-0.1, -0.05) is 12.1 Å². The van der Waals surface area contributed by atoms with E-state index in [1.165, 1.54) is 24.1 Å². The van der Waals surface area contributed by atoms with Gasteiger partial charge in [0, 0.05) is 43.5 Å². The van der Waals surface area contributed by atoms with Gasteiger partial charge in [0.25, 0.3) is 0 Å². The van der Waals surface area contributed by atoms with Gasteiger partial charge >= 0.3 is 0 Å². The van der Waals surface area contributed by atoms with E-state index in [0.717, 1.165) is 44.2 Å². The Balaban J connectivity index is 1.40. The van der Waals surface area contributed by atoms with Gasteiger partial charge < -0.3 is 19.6 Å². The normalized spacial score (nSPS) is 19.6. The van der Waals surface area contributed by atoms with Gasteiger partial charge in [-0.15, -0.1) is 0 Å². The van der Waals surface area contributed by atoms with Crippen LogP contribution >= 0.6 is 0 Å². The van der Waals surface area contributed by atoms with E-state index in [-0.39, 0.29) is 6.04 Å². The first kappa shape index (κ1) is 17.3. The van der Waals surface area contributed by atoms with E-state index >= 15 is 0 Å². The molecule has 0 bridgehead atoms. The van der Waals surface area contributed by atoms with E-state index < -0.39 is 0 Å². The molecule has 2 fully saturated rings. The molecule has 0 spiro atoms. The van der Waals surface area contributed by atoms with Crippen molar-refractivity contribution in [1.29, 1.82) is 0 Å². The SMILES string of the molecule is CCN1CCN(c2ccc(N[C@H](C)c3nc(C4CC4)no3)c(C)c2)CC1. The van der Waals surface area contributed by atoms with Crippen molar-refractivity contribution in [2.24, 2.45) is 0 Å². The van der Waals surface area contributed by atoms with Crippen LogP contribution in [0.1, 0.15) is 55.9 Å². The molecule has 1 N–H and O–H groups in total. The molecular formula is C20H29N5O. The molecule has 1 aromatic heterocycles. The molecule has 2 aliphatic rings. The molecule has 1 saturated carbocycles. The molecule has 26 heavy (non-hydrogen) atoms. The van der Waals surface area contributed by atoms with Crippen LogP contribution in [0.5, 0.6) is 0 Å². The van der Waals surface area contributed by atoms with Crippen LogP contribution in [0.15, 0.2) is 22.7 Å². The molecule has 6 heteroatoms. The molecule has 0 unspecified atom stereocenters. The van der Waals surface area contributed by atoms with Crippen LogP contribution in [-0.4, -0.2) is 47.8 Å². The zero-order chi connectivity index (χ0) is 18.1. The molecule has 140 valence electrons. The number of hydrogen-bond donors (Lipinski definition) is 1. The predicted molar refractivity (Wildman–Crippen MR) is 104 cm³/mol. The van der Waals surface area contributed by atoms with Gasteiger partial charge in [0.05, 0.1) is 0 Å². The lowest BCUT2D eigenvalue weighted by Crippen LogP contribution is -2.46. The number of piperazine rings is 1. The molecule has 2 aromatic rings. The number of rotatable bonds is 6. The summed E-state index contributed by atoms with van der Waals surface area (Å²) in [6.07, 6.45) is 2.38. The summed E-state index contributed by atoms with van der Waals surface area (Å²) < 4.78 is 5.44. The molecule has 2 heterocycles. The summed E-state index contributed by atoms with van der Waals surface area (Å²) in [6, 6.07) is 6.67. The van der Waals surface area contributed by atoms with E-state index in [0.29, 0.717) is 11.8 Å². The number of anilines is 2. The number of benzene rings is 1. The summed E-state index contributed by atoms with van der Waals surface area (Å²) in [5, 5.41) is 7.64. The van der Waals surface area contributed by atoms with E-state index in [4.69, 9.17) is 4.52 Å². The summed E-state index contributed by atoms with van der Waals surface area (Å²) in [6.45, 7) is 12.1. The summed E-state index contributed by atoms with van der Waals surface area (Å²) in [7, 11) is 0. The van der Waals surface area contributed by atoms with E-state index in [9.17, 15) is 0 Å². The minimum atomic E-state index is 0.00708. The zero-order valence-corrected chi connectivity index (χ0v) is 16.0. The molecular weight excluding hydrogens is 326 g/mol. The van der Waals surface area contributed by atoms with Crippen molar-refractivity contribution in [2.45, 2.75) is 45.6 Å². The minimum Gasteiger partial charge on any atom is -0.374 e. The number of likely N-dealkylation sites (N-methyl/N-ethyl adjacent to an activating group) is 1. The topological polar surface area (TPSA) is 57.4 Å². The molecule has 1 saturated heterocycles. The Hall–Kier alpha value is -2.08. The Labute approximate surface area is 155 Å². The van der Waals surface area contributed by atoms with Crippen LogP contribution < -0.4 is 10.2 Å². The Morgan fingerprint density at radius 1 is 1.23 bits per heavy atom. The first-order valence-electron chi connectivity index (χ1n) is 9.82. The quantitative estimate of drug-likeness (QED) is 0.855. The molecule has 0 radical (unpaired) electrons. The smallest absolute Gasteiger partial charge is 0.248 e. The molecule has 1 aliphatic carbocycles. The van der Waals surface area contributed by atoms with Crippen LogP contribution in [-0.2, 0) is 0 Å². The predicted octanol–water partition coefficient (Wildman–Crippen LogP) is 3.57. The number of nitrogens with one attached hydrogen (secondary N) is 1. The average Bonchev–Trinajstić information content (AvgIpc) is 3.40. The summed E-state index contributed by atoms with van der Waals surface area (Å²) >= 11 is 0. The van der Waals surface area contributed by atoms with Crippen molar-refractivity contribution in [3.63, 3.8) is 0 Å². The van der Waals surface area contributed by atoms with Crippen LogP contribution in [0, 0.1) is 6.92 Å². The fourth-order valence-electron chi connectivity index (χ4n) is 3.55. The highest BCUT2D eigenvalue weighted by atomic mass is 16.5. The van der Waals surface area contributed by atoms with Gasteiger partial charge in [0.2, 0.25) is 5.89 Å². The Morgan fingerprint density at radius 3 is 2.65 bits per heavy atom. The molecule has 0 amide bonds. The van der Waals surface area contributed by atoms with Crippen molar-refractivity contribution < 1.29 is 4.52 Å². The van der Waals surface area contributed by atoms with Gasteiger partial charge in [-0.3, -0.25) is 0 Å². The van der Waals surface area contributed by atoms with Gasteiger partial charge in [0.1, 0.15) is 6.04 Å². The number of aryl methyl sites for hydroxylation is 1. The van der Waals surface area contributed by atoms with Crippen molar-refractivity contribution >= 4 is 11.4 Å². The number of aromatic nitrogens is 2. The van der Waals surface area contributed by atoms with Crippen molar-refractivity contribution in [3.05, 3.63) is 35.5 Å². The van der Waals surface area contributed by atoms with Crippen LogP contribution in [0.3, 0.4) is 0 Å². The Morgan fingerprint density at radius 2 is 2.00 bits per heavy atom. The second kappa shape index (κ2) is 7.27. The molecule has 1 aliphatic heterocycles. The van der Waals surface area contributed by atoms with Crippen molar-refractivity contribution in [1.82, 2.24) is 15.0 Å². The number of nitrogens with zero attached hydrogens (tertiary/aromatic N) is 4. The second-order valence-electron chi connectivity index (χ2n) is 7.55. The molecule has 1 aromatic carbocycles. The summed E-state index contributed by atoms with van der Waals surface area (Å²) in [5.74, 6) is 2.06. The van der Waals surface area contributed by atoms with Crippen LogP contribution in [0.4, 0.5) is 11.4 Å². The Bertz CT molecular complexity index is 746. The van der Waals surface area contributed by atoms with Gasteiger partial charge in [-0.25, -0.2) is 0 Å². The van der Waals surface area contributed by atoms with E-state index in [1.54, 1.807) is 0 Å². The van der Waals surface area contributed by atoms with E-state index in [2.05, 4.69) is 64.2 Å². The minimum absolute atomic E-state index is 0.00708. The maximum absolute atomic E-state index is 5.44. The zero-order valence-electron chi connectivity index (χ0n) is 16.0. The van der Waals surface area contributed by atoms with Crippen LogP contribution in [0.2, 0.25) is 0 Å². The molecule has 6 nitrogen and oxygen atoms in total. The molecule has 1 atom stereocenters. The van der Waals surface area contributed by atoms with Crippen LogP contribution in [0.25, 0.3) is 0 Å². The second-order valence-corrected chi connectivity index (χ2v) is 7.55. The lowest BCUT2D eigenvalue weighted by atomic mass is 10.1. The third-order valence-corrected chi connectivity index (χ3v) is 5.54. The van der Waals surface area contributed by atoms with Gasteiger partial charge in [-0.2, -0.15) is 4.98 Å². The average molecular weight is 355 g/mol. The monoisotopic (exact) mass is 355 g/mol. The van der Waals surface area contributed by atoms with Gasteiger partial charge in [-0.05, 0) is 57.0 Å². The third kappa shape index (κ3) is 3.70. The van der Waals surface area contributed by atoms with Crippen molar-refractivity contribution in [3.8, 4) is 0 Å². The summed E-state index contributed by atoms with van der Waals surface area (Å²) in [4.78, 5) is 9.53. The standard InChI is InChI=1S/C20H29N5O/c1-4-24-9-11-25(12-10-24)17-7-8-18(14(2)13-17)21-15(3)20-22-19(23-26-20)16-5-6-16/h7-8,13,15-16,21H,4-6,9-12H2,1-3H3/t15-/m1/s1. The van der Waals surface area contributed by atoms with Gasteiger partial charge in [0.15, 0.2) is 5.82 Å². The maximum Gasteiger partial charge on any atom is 0.248 e. The Kier molecular flexibility index (Phi) is 4.85. The first-order valence-corrected chi connectivity index (χ1v) is 9.82. The third-order valence-electron chi connectivity index (χ3n) is 5.54. The fourth-order valence-corrected chi connectivity index (χ4v) is 3.55.